The lowest BCUT2D eigenvalue weighted by Crippen LogP contribution is -2.40. The molecule has 1 aromatic rings. The Kier molecular flexibility index (Phi) is 4.10. The van der Waals surface area contributed by atoms with E-state index in [1.165, 1.54) is 0 Å². The van der Waals surface area contributed by atoms with Crippen LogP contribution in [0.25, 0.3) is 0 Å². The Morgan fingerprint density at radius 3 is 2.74 bits per heavy atom. The van der Waals surface area contributed by atoms with E-state index in [-0.39, 0.29) is 18.4 Å². The molecule has 0 bridgehead atoms. The number of aryl methyl sites for hydroxylation is 1. The normalized spacial score (nSPS) is 16.6. The second kappa shape index (κ2) is 5.61. The largest absolute Gasteiger partial charge is 0.399 e. The average Bonchev–Trinajstić information content (AvgIpc) is 2.37. The van der Waals surface area contributed by atoms with E-state index in [9.17, 15) is 9.90 Å². The van der Waals surface area contributed by atoms with Crippen LogP contribution in [0.3, 0.4) is 0 Å². The van der Waals surface area contributed by atoms with Gasteiger partial charge < -0.3 is 15.7 Å². The van der Waals surface area contributed by atoms with Gasteiger partial charge in [0, 0.05) is 36.9 Å². The summed E-state index contributed by atoms with van der Waals surface area (Å²) >= 11 is 0. The molecule has 4 heteroatoms. The van der Waals surface area contributed by atoms with E-state index in [2.05, 4.69) is 13.8 Å². The smallest absolute Gasteiger partial charge is 0.227 e. The molecule has 1 atom stereocenters. The number of rotatable bonds is 4. The highest BCUT2D eigenvalue weighted by molar-refractivity contribution is 5.96. The highest BCUT2D eigenvalue weighted by Crippen LogP contribution is 2.30. The van der Waals surface area contributed by atoms with Crippen molar-refractivity contribution in [2.24, 2.45) is 11.8 Å². The third kappa shape index (κ3) is 2.89. The van der Waals surface area contributed by atoms with Gasteiger partial charge in [0.15, 0.2) is 0 Å². The molecule has 1 heterocycles. The Labute approximate surface area is 114 Å². The second-order valence-electron chi connectivity index (χ2n) is 5.58. The van der Waals surface area contributed by atoms with Crippen LogP contribution in [0.15, 0.2) is 18.2 Å². The van der Waals surface area contributed by atoms with Gasteiger partial charge in [-0.25, -0.2) is 0 Å². The predicted molar refractivity (Wildman–Crippen MR) is 76.9 cm³/mol. The van der Waals surface area contributed by atoms with Gasteiger partial charge in [-0.15, -0.1) is 0 Å². The summed E-state index contributed by atoms with van der Waals surface area (Å²) in [5, 5.41) is 9.45. The number of anilines is 2. The minimum atomic E-state index is 0.103. The summed E-state index contributed by atoms with van der Waals surface area (Å²) in [6.45, 7) is 4.81. The summed E-state index contributed by atoms with van der Waals surface area (Å²) in [7, 11) is 0. The van der Waals surface area contributed by atoms with Gasteiger partial charge in [-0.2, -0.15) is 0 Å². The van der Waals surface area contributed by atoms with Crippen molar-refractivity contribution in [2.75, 3.05) is 23.8 Å². The fourth-order valence-electron chi connectivity index (χ4n) is 2.49. The number of benzene rings is 1. The minimum Gasteiger partial charge on any atom is -0.399 e. The summed E-state index contributed by atoms with van der Waals surface area (Å²) in [4.78, 5) is 13.9. The molecule has 1 aliphatic rings. The number of hydrogen-bond acceptors (Lipinski definition) is 3. The monoisotopic (exact) mass is 262 g/mol. The van der Waals surface area contributed by atoms with Crippen molar-refractivity contribution < 1.29 is 9.90 Å². The van der Waals surface area contributed by atoms with Gasteiger partial charge in [-0.1, -0.05) is 13.8 Å². The zero-order valence-corrected chi connectivity index (χ0v) is 11.6. The number of carbonyl (C=O) groups excluding carboxylic acids is 1. The Bertz CT molecular complexity index is 471. The number of nitrogens with two attached hydrogens (primary N) is 1. The van der Waals surface area contributed by atoms with Crippen LogP contribution in [-0.2, 0) is 11.2 Å². The Morgan fingerprint density at radius 1 is 1.37 bits per heavy atom. The molecular weight excluding hydrogens is 240 g/mol. The molecule has 3 N–H and O–H groups in total. The van der Waals surface area contributed by atoms with Crippen LogP contribution in [0.5, 0.6) is 0 Å². The summed E-state index contributed by atoms with van der Waals surface area (Å²) in [5.74, 6) is 0.584. The molecule has 0 fully saturated rings. The molecule has 0 radical (unpaired) electrons. The molecule has 0 aliphatic carbocycles. The van der Waals surface area contributed by atoms with Crippen LogP contribution >= 0.6 is 0 Å². The van der Waals surface area contributed by atoms with E-state index >= 15 is 0 Å². The zero-order valence-electron chi connectivity index (χ0n) is 11.6. The van der Waals surface area contributed by atoms with E-state index in [0.29, 0.717) is 18.9 Å². The first-order valence-electron chi connectivity index (χ1n) is 6.82. The Morgan fingerprint density at radius 2 is 2.11 bits per heavy atom. The number of carbonyl (C=O) groups is 1. The molecule has 1 amide bonds. The summed E-state index contributed by atoms with van der Waals surface area (Å²) in [6.07, 6.45) is 1.27. The van der Waals surface area contributed by atoms with Crippen LogP contribution in [0.2, 0.25) is 0 Å². The molecule has 0 aromatic heterocycles. The summed E-state index contributed by atoms with van der Waals surface area (Å²) in [5.41, 5.74) is 8.60. The molecule has 104 valence electrons. The predicted octanol–water partition coefficient (Wildman–Crippen LogP) is 1.81. The maximum absolute atomic E-state index is 12.1. The lowest BCUT2D eigenvalue weighted by molar-refractivity contribution is -0.119. The first-order valence-corrected chi connectivity index (χ1v) is 6.82. The third-order valence-electron chi connectivity index (χ3n) is 3.90. The van der Waals surface area contributed by atoms with E-state index < -0.39 is 0 Å². The molecule has 0 saturated carbocycles. The van der Waals surface area contributed by atoms with E-state index in [1.807, 2.05) is 18.2 Å². The number of aliphatic hydroxyl groups excluding tert-OH is 1. The number of aliphatic hydroxyl groups is 1. The van der Waals surface area contributed by atoms with Crippen molar-refractivity contribution in [1.82, 2.24) is 0 Å². The van der Waals surface area contributed by atoms with Crippen molar-refractivity contribution in [3.63, 3.8) is 0 Å². The lowest BCUT2D eigenvalue weighted by Gasteiger charge is -2.33. The highest BCUT2D eigenvalue weighted by Gasteiger charge is 2.27. The van der Waals surface area contributed by atoms with Gasteiger partial charge in [0.25, 0.3) is 0 Å². The molecule has 4 nitrogen and oxygen atoms in total. The molecule has 1 aromatic carbocycles. The van der Waals surface area contributed by atoms with E-state index in [4.69, 9.17) is 5.73 Å². The first kappa shape index (κ1) is 13.9. The van der Waals surface area contributed by atoms with Crippen LogP contribution in [0.4, 0.5) is 11.4 Å². The van der Waals surface area contributed by atoms with E-state index in [1.54, 1.807) is 4.90 Å². The van der Waals surface area contributed by atoms with Crippen LogP contribution in [0, 0.1) is 11.8 Å². The van der Waals surface area contributed by atoms with Crippen molar-refractivity contribution in [3.05, 3.63) is 23.8 Å². The molecule has 0 spiro atoms. The van der Waals surface area contributed by atoms with Gasteiger partial charge in [0.2, 0.25) is 5.91 Å². The van der Waals surface area contributed by atoms with Crippen LogP contribution in [-0.4, -0.2) is 24.2 Å². The number of nitrogens with zero attached hydrogens (tertiary/aromatic N) is 1. The van der Waals surface area contributed by atoms with Crippen LogP contribution < -0.4 is 10.6 Å². The van der Waals surface area contributed by atoms with Crippen LogP contribution in [0.1, 0.15) is 25.8 Å². The molecule has 0 saturated heterocycles. The molecule has 2 rings (SSSR count). The fraction of sp³-hybridized carbons (Fsp3) is 0.533. The maximum atomic E-state index is 12.1. The van der Waals surface area contributed by atoms with Gasteiger partial charge in [-0.05, 0) is 36.1 Å². The molecule has 1 aliphatic heterocycles. The lowest BCUT2D eigenvalue weighted by atomic mass is 9.93. The van der Waals surface area contributed by atoms with Gasteiger partial charge >= 0.3 is 0 Å². The van der Waals surface area contributed by atoms with Gasteiger partial charge in [0.1, 0.15) is 0 Å². The fourth-order valence-corrected chi connectivity index (χ4v) is 2.49. The van der Waals surface area contributed by atoms with Crippen molar-refractivity contribution in [3.8, 4) is 0 Å². The minimum absolute atomic E-state index is 0.103. The number of amides is 1. The molecule has 19 heavy (non-hydrogen) atoms. The molecule has 1 unspecified atom stereocenters. The van der Waals surface area contributed by atoms with Crippen molar-refractivity contribution in [2.45, 2.75) is 26.7 Å². The average molecular weight is 262 g/mol. The number of hydrogen-bond donors (Lipinski definition) is 2. The zero-order chi connectivity index (χ0) is 14.0. The first-order chi connectivity index (χ1) is 9.02. The van der Waals surface area contributed by atoms with Crippen molar-refractivity contribution >= 4 is 17.3 Å². The maximum Gasteiger partial charge on any atom is 0.227 e. The topological polar surface area (TPSA) is 66.6 Å². The van der Waals surface area contributed by atoms with Gasteiger partial charge in [0.05, 0.1) is 0 Å². The highest BCUT2D eigenvalue weighted by atomic mass is 16.3. The SMILES string of the molecule is CC(C)C(CO)CN1C(=O)CCc2cc(N)ccc21. The van der Waals surface area contributed by atoms with E-state index in [0.717, 1.165) is 23.4 Å². The van der Waals surface area contributed by atoms with Crippen molar-refractivity contribution in [1.29, 1.82) is 0 Å². The second-order valence-corrected chi connectivity index (χ2v) is 5.58. The quantitative estimate of drug-likeness (QED) is 0.813. The Balaban J connectivity index is 2.27. The molecular formula is C15H22N2O2. The van der Waals surface area contributed by atoms with Gasteiger partial charge in [-0.3, -0.25) is 4.79 Å². The number of nitrogen functional groups attached to an aromatic ring is 1. The third-order valence-corrected chi connectivity index (χ3v) is 3.90. The standard InChI is InChI=1S/C15H22N2O2/c1-10(2)12(9-18)8-17-14-5-4-13(16)7-11(14)3-6-15(17)19/h4-5,7,10,12,18H,3,6,8-9,16H2,1-2H3. The number of fused-ring (bicyclic) bond motifs is 1. The summed E-state index contributed by atoms with van der Waals surface area (Å²) < 4.78 is 0. The Hall–Kier alpha value is -1.55. The summed E-state index contributed by atoms with van der Waals surface area (Å²) in [6, 6.07) is 5.68.